The molecule has 0 saturated heterocycles. The Labute approximate surface area is 52.8 Å². The lowest BCUT2D eigenvalue weighted by Crippen LogP contribution is -2.44. The number of hydrogen-bond donors (Lipinski definition) is 0. The number of carbonyl (C=O) groups is 1. The van der Waals surface area contributed by atoms with Crippen molar-refractivity contribution in [3.63, 3.8) is 0 Å². The molecule has 1 fully saturated rings. The fourth-order valence-corrected chi connectivity index (χ4v) is 0.976. The lowest BCUT2D eigenvalue weighted by atomic mass is 9.94. The Bertz CT molecular complexity index is 113. The predicted molar refractivity (Wildman–Crippen MR) is 30.1 cm³/mol. The molecule has 2 atom stereocenters. The molecule has 0 heterocycles. The summed E-state index contributed by atoms with van der Waals surface area (Å²) >= 11 is 5.44. The Balaban J connectivity index is 2.36. The van der Waals surface area contributed by atoms with Crippen molar-refractivity contribution < 1.29 is 9.53 Å². The molecule has 0 aliphatic heterocycles. The SMILES string of the molecule is CO[C@@H]1C[C@@H](Cl)C1=O. The van der Waals surface area contributed by atoms with E-state index in [1.54, 1.807) is 0 Å². The van der Waals surface area contributed by atoms with E-state index in [9.17, 15) is 4.79 Å². The van der Waals surface area contributed by atoms with Crippen LogP contribution in [0.25, 0.3) is 0 Å². The van der Waals surface area contributed by atoms with Gasteiger partial charge in [-0.05, 0) is 0 Å². The molecule has 1 saturated carbocycles. The van der Waals surface area contributed by atoms with Gasteiger partial charge in [-0.25, -0.2) is 0 Å². The third-order valence-corrected chi connectivity index (χ3v) is 1.72. The standard InChI is InChI=1S/C5H7ClO2/c1-8-4-2-3(6)5(4)7/h3-4H,2H2,1H3/t3-,4-/m1/s1. The van der Waals surface area contributed by atoms with E-state index in [2.05, 4.69) is 0 Å². The average Bonchev–Trinajstić information content (AvgIpc) is 1.81. The molecule has 0 amide bonds. The van der Waals surface area contributed by atoms with Gasteiger partial charge in [0.1, 0.15) is 6.10 Å². The number of halogens is 1. The molecule has 2 nitrogen and oxygen atoms in total. The van der Waals surface area contributed by atoms with Crippen molar-refractivity contribution in [2.75, 3.05) is 7.11 Å². The maximum atomic E-state index is 10.5. The van der Waals surface area contributed by atoms with Gasteiger partial charge in [0.25, 0.3) is 0 Å². The van der Waals surface area contributed by atoms with E-state index in [4.69, 9.17) is 16.3 Å². The van der Waals surface area contributed by atoms with E-state index in [1.165, 1.54) is 7.11 Å². The molecule has 0 radical (unpaired) electrons. The van der Waals surface area contributed by atoms with E-state index in [0.717, 1.165) is 0 Å². The number of hydrogen-bond acceptors (Lipinski definition) is 2. The van der Waals surface area contributed by atoms with Gasteiger partial charge in [-0.15, -0.1) is 11.6 Å². The number of methoxy groups -OCH3 is 1. The monoisotopic (exact) mass is 134 g/mol. The molecule has 0 N–H and O–H groups in total. The number of carbonyl (C=O) groups excluding carboxylic acids is 1. The van der Waals surface area contributed by atoms with Gasteiger partial charge < -0.3 is 4.74 Å². The molecule has 1 aliphatic rings. The Morgan fingerprint density at radius 3 is 2.62 bits per heavy atom. The van der Waals surface area contributed by atoms with Gasteiger partial charge in [0.15, 0.2) is 5.78 Å². The van der Waals surface area contributed by atoms with Crippen LogP contribution in [0.3, 0.4) is 0 Å². The average molecular weight is 135 g/mol. The summed E-state index contributed by atoms with van der Waals surface area (Å²) in [7, 11) is 1.52. The zero-order valence-corrected chi connectivity index (χ0v) is 5.31. The first-order valence-corrected chi connectivity index (χ1v) is 2.90. The predicted octanol–water partition coefficient (Wildman–Crippen LogP) is 0.582. The molecular formula is C5H7ClO2. The maximum absolute atomic E-state index is 10.5. The minimum Gasteiger partial charge on any atom is -0.374 e. The number of ether oxygens (including phenoxy) is 1. The van der Waals surface area contributed by atoms with E-state index >= 15 is 0 Å². The van der Waals surface area contributed by atoms with Gasteiger partial charge in [-0.2, -0.15) is 0 Å². The molecule has 8 heavy (non-hydrogen) atoms. The Hall–Kier alpha value is -0.0800. The first kappa shape index (κ1) is 6.05. The van der Waals surface area contributed by atoms with Crippen LogP contribution in [0.1, 0.15) is 6.42 Å². The molecule has 0 aromatic heterocycles. The van der Waals surface area contributed by atoms with Crippen LogP contribution in [0.5, 0.6) is 0 Å². The number of rotatable bonds is 1. The minimum atomic E-state index is -0.278. The molecule has 46 valence electrons. The van der Waals surface area contributed by atoms with Crippen molar-refractivity contribution in [1.29, 1.82) is 0 Å². The van der Waals surface area contributed by atoms with Gasteiger partial charge in [-0.3, -0.25) is 4.79 Å². The first-order chi connectivity index (χ1) is 3.75. The highest BCUT2D eigenvalue weighted by molar-refractivity contribution is 6.34. The summed E-state index contributed by atoms with van der Waals surface area (Å²) in [5.41, 5.74) is 0. The van der Waals surface area contributed by atoms with Crippen LogP contribution < -0.4 is 0 Å². The van der Waals surface area contributed by atoms with Crippen LogP contribution in [0.4, 0.5) is 0 Å². The molecule has 3 heteroatoms. The quantitative estimate of drug-likeness (QED) is 0.491. The Morgan fingerprint density at radius 1 is 1.88 bits per heavy atom. The highest BCUT2D eigenvalue weighted by atomic mass is 35.5. The third kappa shape index (κ3) is 0.740. The first-order valence-electron chi connectivity index (χ1n) is 2.46. The van der Waals surface area contributed by atoms with Crippen LogP contribution in [-0.2, 0) is 9.53 Å². The van der Waals surface area contributed by atoms with Crippen molar-refractivity contribution in [2.24, 2.45) is 0 Å². The zero-order chi connectivity index (χ0) is 6.15. The van der Waals surface area contributed by atoms with E-state index in [1.807, 2.05) is 0 Å². The van der Waals surface area contributed by atoms with Gasteiger partial charge in [0.05, 0.1) is 5.38 Å². The van der Waals surface area contributed by atoms with E-state index in [0.29, 0.717) is 6.42 Å². The summed E-state index contributed by atoms with van der Waals surface area (Å²) < 4.78 is 4.73. The lowest BCUT2D eigenvalue weighted by molar-refractivity contribution is -0.136. The molecule has 0 unspecified atom stereocenters. The van der Waals surface area contributed by atoms with Gasteiger partial charge in [0, 0.05) is 13.5 Å². The van der Waals surface area contributed by atoms with Crippen LogP contribution in [-0.4, -0.2) is 24.4 Å². The molecule has 0 aromatic carbocycles. The second-order valence-corrected chi connectivity index (χ2v) is 2.36. The summed E-state index contributed by atoms with van der Waals surface area (Å²) in [4.78, 5) is 10.5. The van der Waals surface area contributed by atoms with Crippen LogP contribution >= 0.6 is 11.6 Å². The molecule has 0 bridgehead atoms. The summed E-state index contributed by atoms with van der Waals surface area (Å²) in [6.07, 6.45) is 0.467. The summed E-state index contributed by atoms with van der Waals surface area (Å²) in [6.45, 7) is 0. The highest BCUT2D eigenvalue weighted by Crippen LogP contribution is 2.23. The van der Waals surface area contributed by atoms with Crippen LogP contribution in [0, 0.1) is 0 Å². The normalized spacial score (nSPS) is 37.0. The van der Waals surface area contributed by atoms with Crippen LogP contribution in [0.2, 0.25) is 0 Å². The Kier molecular flexibility index (Phi) is 1.54. The number of ketones is 1. The van der Waals surface area contributed by atoms with E-state index in [-0.39, 0.29) is 17.3 Å². The van der Waals surface area contributed by atoms with E-state index < -0.39 is 0 Å². The number of Topliss-reactive ketones (excluding diaryl/α,β-unsaturated/α-hetero) is 1. The molecule has 0 aromatic rings. The molecule has 1 rings (SSSR count). The maximum Gasteiger partial charge on any atom is 0.179 e. The van der Waals surface area contributed by atoms with Crippen molar-refractivity contribution >= 4 is 17.4 Å². The summed E-state index contributed by atoms with van der Waals surface area (Å²) in [5.74, 6) is 0.0224. The number of alkyl halides is 1. The highest BCUT2D eigenvalue weighted by Gasteiger charge is 2.37. The fourth-order valence-electron chi connectivity index (χ4n) is 0.674. The summed E-state index contributed by atoms with van der Waals surface area (Å²) in [5, 5.41) is -0.278. The zero-order valence-electron chi connectivity index (χ0n) is 4.56. The van der Waals surface area contributed by atoms with Crippen molar-refractivity contribution in [3.8, 4) is 0 Å². The smallest absolute Gasteiger partial charge is 0.179 e. The minimum absolute atomic E-state index is 0.0224. The van der Waals surface area contributed by atoms with Crippen LogP contribution in [0.15, 0.2) is 0 Å². The van der Waals surface area contributed by atoms with Crippen molar-refractivity contribution in [2.45, 2.75) is 17.9 Å². The fraction of sp³-hybridized carbons (Fsp3) is 0.800. The largest absolute Gasteiger partial charge is 0.374 e. The van der Waals surface area contributed by atoms with Crippen molar-refractivity contribution in [3.05, 3.63) is 0 Å². The Morgan fingerprint density at radius 2 is 2.50 bits per heavy atom. The lowest BCUT2D eigenvalue weighted by Gasteiger charge is -2.26. The van der Waals surface area contributed by atoms with Gasteiger partial charge in [0.2, 0.25) is 0 Å². The second-order valence-electron chi connectivity index (χ2n) is 1.83. The van der Waals surface area contributed by atoms with Gasteiger partial charge in [-0.1, -0.05) is 0 Å². The molecule has 1 aliphatic carbocycles. The third-order valence-electron chi connectivity index (χ3n) is 1.33. The topological polar surface area (TPSA) is 26.3 Å². The van der Waals surface area contributed by atoms with Gasteiger partial charge >= 0.3 is 0 Å². The van der Waals surface area contributed by atoms with Crippen molar-refractivity contribution in [1.82, 2.24) is 0 Å². The second kappa shape index (κ2) is 2.03. The molecule has 0 spiro atoms. The molecular weight excluding hydrogens is 128 g/mol. The summed E-state index contributed by atoms with van der Waals surface area (Å²) in [6, 6.07) is 0.